The highest BCUT2D eigenvalue weighted by Crippen LogP contribution is 2.30. The standard InChI is InChI=1S/C12H16ClN3O7/c1-5(17)20-4-8-10(21-6(2)18)9(15-16-14)11(12(13)23-8)22-7(3)19/h8-12H,4H2,1-3H3/t8-,9+,10+,11-,12+/m1/s1. The first-order chi connectivity index (χ1) is 10.8. The van der Waals surface area contributed by atoms with Crippen LogP contribution in [0.4, 0.5) is 0 Å². The Hall–Kier alpha value is -2.03. The van der Waals surface area contributed by atoms with Gasteiger partial charge in [-0.2, -0.15) is 0 Å². The molecular weight excluding hydrogens is 334 g/mol. The molecule has 128 valence electrons. The number of azide groups is 1. The van der Waals surface area contributed by atoms with Gasteiger partial charge in [-0.15, -0.1) is 0 Å². The molecule has 1 aliphatic rings. The van der Waals surface area contributed by atoms with Crippen LogP contribution >= 0.6 is 11.6 Å². The quantitative estimate of drug-likeness (QED) is 0.180. The molecule has 0 N–H and O–H groups in total. The first kappa shape index (κ1) is 19.0. The minimum absolute atomic E-state index is 0.277. The lowest BCUT2D eigenvalue weighted by molar-refractivity contribution is -0.202. The highest BCUT2D eigenvalue weighted by molar-refractivity contribution is 6.20. The molecule has 0 amide bonds. The van der Waals surface area contributed by atoms with E-state index in [1.54, 1.807) is 0 Å². The molecule has 0 aromatic rings. The van der Waals surface area contributed by atoms with E-state index in [9.17, 15) is 14.4 Å². The van der Waals surface area contributed by atoms with Crippen molar-refractivity contribution in [2.24, 2.45) is 5.11 Å². The first-order valence-corrected chi connectivity index (χ1v) is 7.01. The third-order valence-corrected chi connectivity index (χ3v) is 3.19. The molecule has 1 heterocycles. The van der Waals surface area contributed by atoms with E-state index in [0.717, 1.165) is 13.8 Å². The smallest absolute Gasteiger partial charge is 0.303 e. The van der Waals surface area contributed by atoms with Crippen LogP contribution in [0.2, 0.25) is 0 Å². The number of carbonyl (C=O) groups excluding carboxylic acids is 3. The van der Waals surface area contributed by atoms with Crippen LogP contribution in [0.3, 0.4) is 0 Å². The lowest BCUT2D eigenvalue weighted by Crippen LogP contribution is -2.59. The van der Waals surface area contributed by atoms with Crippen LogP contribution in [0.1, 0.15) is 20.8 Å². The molecular formula is C12H16ClN3O7. The topological polar surface area (TPSA) is 137 Å². The molecule has 0 aromatic carbocycles. The molecule has 23 heavy (non-hydrogen) atoms. The Kier molecular flexibility index (Phi) is 7.08. The second kappa shape index (κ2) is 8.56. The summed E-state index contributed by atoms with van der Waals surface area (Å²) in [6, 6.07) is -1.13. The van der Waals surface area contributed by atoms with Crippen LogP contribution in [0.5, 0.6) is 0 Å². The summed E-state index contributed by atoms with van der Waals surface area (Å²) < 4.78 is 20.3. The summed E-state index contributed by atoms with van der Waals surface area (Å²) in [5, 5.41) is 3.50. The average molecular weight is 350 g/mol. The molecule has 11 heteroatoms. The van der Waals surface area contributed by atoms with E-state index in [0.29, 0.717) is 0 Å². The maximum absolute atomic E-state index is 11.3. The van der Waals surface area contributed by atoms with Crippen LogP contribution in [-0.2, 0) is 33.3 Å². The largest absolute Gasteiger partial charge is 0.463 e. The summed E-state index contributed by atoms with van der Waals surface area (Å²) in [7, 11) is 0. The Bertz CT molecular complexity index is 523. The number of alkyl halides is 1. The van der Waals surface area contributed by atoms with Gasteiger partial charge in [-0.25, -0.2) is 0 Å². The Morgan fingerprint density at radius 2 is 1.70 bits per heavy atom. The van der Waals surface area contributed by atoms with Crippen molar-refractivity contribution < 1.29 is 33.3 Å². The molecule has 0 bridgehead atoms. The van der Waals surface area contributed by atoms with Gasteiger partial charge in [0.1, 0.15) is 24.9 Å². The maximum Gasteiger partial charge on any atom is 0.303 e. The summed E-state index contributed by atoms with van der Waals surface area (Å²) in [5.41, 5.74) is 7.54. The molecule has 0 unspecified atom stereocenters. The predicted octanol–water partition coefficient (Wildman–Crippen LogP) is 1.06. The molecule has 0 aromatic heterocycles. The van der Waals surface area contributed by atoms with Crippen molar-refractivity contribution in [2.75, 3.05) is 6.61 Å². The fourth-order valence-corrected chi connectivity index (χ4v) is 2.39. The number of ether oxygens (including phenoxy) is 4. The molecule has 0 spiro atoms. The van der Waals surface area contributed by atoms with Crippen molar-refractivity contribution in [3.05, 3.63) is 10.4 Å². The van der Waals surface area contributed by atoms with Crippen molar-refractivity contribution in [1.82, 2.24) is 0 Å². The molecule has 1 rings (SSSR count). The van der Waals surface area contributed by atoms with Crippen molar-refractivity contribution >= 4 is 29.5 Å². The lowest BCUT2D eigenvalue weighted by Gasteiger charge is -2.41. The van der Waals surface area contributed by atoms with Gasteiger partial charge in [0.15, 0.2) is 11.7 Å². The van der Waals surface area contributed by atoms with Gasteiger partial charge in [-0.1, -0.05) is 16.7 Å². The van der Waals surface area contributed by atoms with Gasteiger partial charge in [-0.05, 0) is 5.53 Å². The lowest BCUT2D eigenvalue weighted by atomic mass is 9.97. The van der Waals surface area contributed by atoms with E-state index in [2.05, 4.69) is 10.0 Å². The van der Waals surface area contributed by atoms with Crippen molar-refractivity contribution in [3.8, 4) is 0 Å². The number of nitrogens with zero attached hydrogens (tertiary/aromatic N) is 3. The second-order valence-electron chi connectivity index (χ2n) is 4.67. The summed E-state index contributed by atoms with van der Waals surface area (Å²) in [6.45, 7) is 3.20. The molecule has 1 aliphatic heterocycles. The van der Waals surface area contributed by atoms with E-state index in [1.165, 1.54) is 6.92 Å². The third-order valence-electron chi connectivity index (χ3n) is 2.84. The van der Waals surface area contributed by atoms with Crippen LogP contribution in [0, 0.1) is 0 Å². The average Bonchev–Trinajstić information content (AvgIpc) is 2.43. The zero-order valence-corrected chi connectivity index (χ0v) is 13.4. The normalized spacial score (nSPS) is 29.8. The molecule has 10 nitrogen and oxygen atoms in total. The van der Waals surface area contributed by atoms with Gasteiger partial charge in [0.05, 0.1) is 0 Å². The van der Waals surface area contributed by atoms with Gasteiger partial charge >= 0.3 is 17.9 Å². The Balaban J connectivity index is 3.09. The Morgan fingerprint density at radius 1 is 1.13 bits per heavy atom. The van der Waals surface area contributed by atoms with Gasteiger partial charge in [0, 0.05) is 25.7 Å². The predicted molar refractivity (Wildman–Crippen MR) is 75.2 cm³/mol. The van der Waals surface area contributed by atoms with Gasteiger partial charge in [0.25, 0.3) is 0 Å². The van der Waals surface area contributed by atoms with Crippen LogP contribution in [0.25, 0.3) is 10.4 Å². The number of rotatable bonds is 5. The summed E-state index contributed by atoms with van der Waals surface area (Å²) >= 11 is 6.01. The van der Waals surface area contributed by atoms with E-state index in [1.807, 2.05) is 0 Å². The number of halogens is 1. The SMILES string of the molecule is CC(=O)OC[C@H]1O[C@H](Cl)[C@H](OC(C)=O)[C@@H](N=[N+]=[N-])[C@H]1OC(C)=O. The number of hydrogen-bond donors (Lipinski definition) is 0. The number of carbonyl (C=O) groups is 3. The molecule has 0 aliphatic carbocycles. The number of hydrogen-bond acceptors (Lipinski definition) is 8. The fourth-order valence-electron chi connectivity index (χ4n) is 2.06. The molecule has 0 saturated carbocycles. The fraction of sp³-hybridized carbons (Fsp3) is 0.750. The monoisotopic (exact) mass is 349 g/mol. The van der Waals surface area contributed by atoms with Crippen molar-refractivity contribution in [2.45, 2.75) is 50.7 Å². The zero-order chi connectivity index (χ0) is 17.6. The minimum atomic E-state index is -1.18. The third kappa shape index (κ3) is 5.59. The first-order valence-electron chi connectivity index (χ1n) is 6.57. The summed E-state index contributed by atoms with van der Waals surface area (Å²) in [6.07, 6.45) is -3.28. The van der Waals surface area contributed by atoms with Gasteiger partial charge in [-0.3, -0.25) is 14.4 Å². The van der Waals surface area contributed by atoms with E-state index >= 15 is 0 Å². The van der Waals surface area contributed by atoms with Gasteiger partial charge in [0.2, 0.25) is 0 Å². The highest BCUT2D eigenvalue weighted by Gasteiger charge is 2.49. The minimum Gasteiger partial charge on any atom is -0.463 e. The Morgan fingerprint density at radius 3 is 2.17 bits per heavy atom. The molecule has 0 radical (unpaired) electrons. The highest BCUT2D eigenvalue weighted by atomic mass is 35.5. The summed E-state index contributed by atoms with van der Waals surface area (Å²) in [4.78, 5) is 36.1. The molecule has 5 atom stereocenters. The maximum atomic E-state index is 11.3. The van der Waals surface area contributed by atoms with Crippen LogP contribution < -0.4 is 0 Å². The summed E-state index contributed by atoms with van der Waals surface area (Å²) in [5.74, 6) is -1.94. The number of esters is 3. The molecule has 1 saturated heterocycles. The van der Waals surface area contributed by atoms with Crippen LogP contribution in [-0.4, -0.2) is 54.4 Å². The van der Waals surface area contributed by atoms with Crippen LogP contribution in [0.15, 0.2) is 5.11 Å². The molecule has 1 fully saturated rings. The zero-order valence-electron chi connectivity index (χ0n) is 12.7. The van der Waals surface area contributed by atoms with Crippen molar-refractivity contribution in [1.29, 1.82) is 0 Å². The van der Waals surface area contributed by atoms with E-state index in [-0.39, 0.29) is 6.61 Å². The van der Waals surface area contributed by atoms with Crippen molar-refractivity contribution in [3.63, 3.8) is 0 Å². The second-order valence-corrected chi connectivity index (χ2v) is 5.10. The van der Waals surface area contributed by atoms with E-state index in [4.69, 9.17) is 36.1 Å². The Labute approximate surface area is 136 Å². The van der Waals surface area contributed by atoms with Gasteiger partial charge < -0.3 is 18.9 Å². The van der Waals surface area contributed by atoms with E-state index < -0.39 is 47.8 Å².